The summed E-state index contributed by atoms with van der Waals surface area (Å²) in [6, 6.07) is 0.107. The zero-order valence-corrected chi connectivity index (χ0v) is 8.67. The number of oxime groups is 1. The van der Waals surface area contributed by atoms with Gasteiger partial charge in [0.25, 0.3) is 0 Å². The number of aromatic nitrogens is 3. The normalized spacial score (nSPS) is 11.3. The highest BCUT2D eigenvalue weighted by Gasteiger charge is 2.11. The number of anilines is 1. The first-order chi connectivity index (χ1) is 7.08. The molecule has 0 radical (unpaired) electrons. The monoisotopic (exact) mass is 212 g/mol. The molecular formula is C7H12N6O2. The average molecular weight is 212 g/mol. The lowest BCUT2D eigenvalue weighted by atomic mass is 10.5. The van der Waals surface area contributed by atoms with Gasteiger partial charge in [0.15, 0.2) is 0 Å². The van der Waals surface area contributed by atoms with Gasteiger partial charge < -0.3 is 20.6 Å². The predicted molar refractivity (Wildman–Crippen MR) is 53.2 cm³/mol. The second-order valence-corrected chi connectivity index (χ2v) is 2.83. The number of ether oxygens (including phenoxy) is 1. The van der Waals surface area contributed by atoms with Crippen molar-refractivity contribution in [2.75, 3.05) is 26.1 Å². The molecular weight excluding hydrogens is 200 g/mol. The zero-order chi connectivity index (χ0) is 11.4. The predicted octanol–water partition coefficient (Wildman–Crippen LogP) is -0.959. The molecule has 0 aliphatic heterocycles. The summed E-state index contributed by atoms with van der Waals surface area (Å²) >= 11 is 0. The van der Waals surface area contributed by atoms with E-state index in [1.807, 2.05) is 0 Å². The first kappa shape index (κ1) is 11.0. The van der Waals surface area contributed by atoms with E-state index in [2.05, 4.69) is 20.1 Å². The maximum absolute atomic E-state index is 8.49. The Bertz CT molecular complexity index is 378. The van der Waals surface area contributed by atoms with Crippen LogP contribution < -0.4 is 15.4 Å². The maximum atomic E-state index is 8.49. The smallest absolute Gasteiger partial charge is 0.321 e. The van der Waals surface area contributed by atoms with Gasteiger partial charge in [-0.15, -0.1) is 0 Å². The van der Waals surface area contributed by atoms with Crippen molar-refractivity contribution in [3.8, 4) is 6.01 Å². The van der Waals surface area contributed by atoms with Crippen LogP contribution >= 0.6 is 0 Å². The van der Waals surface area contributed by atoms with E-state index in [9.17, 15) is 0 Å². The van der Waals surface area contributed by atoms with E-state index in [4.69, 9.17) is 15.7 Å². The largest absolute Gasteiger partial charge is 0.467 e. The van der Waals surface area contributed by atoms with Gasteiger partial charge in [-0.3, -0.25) is 0 Å². The highest BCUT2D eigenvalue weighted by atomic mass is 16.5. The molecule has 1 heterocycles. The van der Waals surface area contributed by atoms with Crippen LogP contribution in [0.5, 0.6) is 6.01 Å². The number of nitrogens with two attached hydrogens (primary N) is 1. The fraction of sp³-hybridized carbons (Fsp3) is 0.429. The molecule has 0 fully saturated rings. The molecule has 15 heavy (non-hydrogen) atoms. The Hall–Kier alpha value is -2.12. The van der Waals surface area contributed by atoms with E-state index in [0.717, 1.165) is 0 Å². The lowest BCUT2D eigenvalue weighted by Crippen LogP contribution is -2.21. The molecule has 0 aliphatic rings. The minimum absolute atomic E-state index is 0.0630. The Morgan fingerprint density at radius 1 is 1.40 bits per heavy atom. The molecule has 8 heteroatoms. The third kappa shape index (κ3) is 2.42. The lowest BCUT2D eigenvalue weighted by Gasteiger charge is -2.11. The van der Waals surface area contributed by atoms with Gasteiger partial charge in [0, 0.05) is 14.1 Å². The Balaban J connectivity index is 3.23. The molecule has 8 nitrogen and oxygen atoms in total. The van der Waals surface area contributed by atoms with Crippen molar-refractivity contribution in [3.05, 3.63) is 5.82 Å². The van der Waals surface area contributed by atoms with Gasteiger partial charge >= 0.3 is 6.01 Å². The summed E-state index contributed by atoms with van der Waals surface area (Å²) in [7, 11) is 4.93. The first-order valence-electron chi connectivity index (χ1n) is 4.03. The van der Waals surface area contributed by atoms with Crippen LogP contribution in [0.2, 0.25) is 0 Å². The molecule has 0 atom stereocenters. The van der Waals surface area contributed by atoms with Crippen molar-refractivity contribution in [1.29, 1.82) is 0 Å². The second kappa shape index (κ2) is 4.40. The molecule has 1 aromatic rings. The number of rotatable bonds is 3. The molecule has 82 valence electrons. The number of nitrogens with zero attached hydrogens (tertiary/aromatic N) is 5. The Labute approximate surface area is 86.4 Å². The van der Waals surface area contributed by atoms with Crippen LogP contribution in [0, 0.1) is 0 Å². The summed E-state index contributed by atoms with van der Waals surface area (Å²) in [5.74, 6) is 0.232. The third-order valence-electron chi connectivity index (χ3n) is 1.52. The number of hydrogen-bond donors (Lipinski definition) is 2. The molecule has 0 aliphatic carbocycles. The summed E-state index contributed by atoms with van der Waals surface area (Å²) in [5.41, 5.74) is 5.36. The van der Waals surface area contributed by atoms with Gasteiger partial charge in [-0.2, -0.15) is 15.0 Å². The standard InChI is InChI=1S/C7H12N6O2/c1-13(2)6-9-5(4(8)12-14)10-7(11-6)15-3/h14H,1-3H3,(H2,8,12). The fourth-order valence-electron chi connectivity index (χ4n) is 0.796. The Morgan fingerprint density at radius 2 is 2.07 bits per heavy atom. The zero-order valence-electron chi connectivity index (χ0n) is 8.67. The van der Waals surface area contributed by atoms with E-state index in [-0.39, 0.29) is 17.7 Å². The molecule has 0 amide bonds. The fourth-order valence-corrected chi connectivity index (χ4v) is 0.796. The van der Waals surface area contributed by atoms with Crippen LogP contribution in [0.4, 0.5) is 5.95 Å². The molecule has 1 aromatic heterocycles. The minimum atomic E-state index is -0.196. The van der Waals surface area contributed by atoms with E-state index in [0.29, 0.717) is 5.95 Å². The van der Waals surface area contributed by atoms with E-state index < -0.39 is 0 Å². The van der Waals surface area contributed by atoms with Gasteiger partial charge in [-0.05, 0) is 0 Å². The van der Waals surface area contributed by atoms with Crippen molar-refractivity contribution in [1.82, 2.24) is 15.0 Å². The van der Waals surface area contributed by atoms with Crippen LogP contribution in [0.3, 0.4) is 0 Å². The van der Waals surface area contributed by atoms with Crippen LogP contribution in [0.15, 0.2) is 5.16 Å². The third-order valence-corrected chi connectivity index (χ3v) is 1.52. The molecule has 3 N–H and O–H groups in total. The van der Waals surface area contributed by atoms with Gasteiger partial charge in [-0.1, -0.05) is 5.16 Å². The van der Waals surface area contributed by atoms with Crippen LogP contribution in [0.1, 0.15) is 5.82 Å². The van der Waals surface area contributed by atoms with Crippen molar-refractivity contribution in [2.24, 2.45) is 10.9 Å². The van der Waals surface area contributed by atoms with Crippen molar-refractivity contribution in [3.63, 3.8) is 0 Å². The summed E-state index contributed by atoms with van der Waals surface area (Å²) in [5, 5.41) is 11.3. The quantitative estimate of drug-likeness (QED) is 0.287. The molecule has 0 saturated heterocycles. The first-order valence-corrected chi connectivity index (χ1v) is 4.03. The highest BCUT2D eigenvalue weighted by Crippen LogP contribution is 2.08. The van der Waals surface area contributed by atoms with E-state index >= 15 is 0 Å². The van der Waals surface area contributed by atoms with E-state index in [1.165, 1.54) is 7.11 Å². The van der Waals surface area contributed by atoms with Crippen LogP contribution in [-0.4, -0.2) is 47.2 Å². The van der Waals surface area contributed by atoms with Gasteiger partial charge in [0.2, 0.25) is 17.6 Å². The highest BCUT2D eigenvalue weighted by molar-refractivity contribution is 5.93. The van der Waals surface area contributed by atoms with Gasteiger partial charge in [-0.25, -0.2) is 0 Å². The van der Waals surface area contributed by atoms with Crippen LogP contribution in [-0.2, 0) is 0 Å². The topological polar surface area (TPSA) is 110 Å². The average Bonchev–Trinajstić information content (AvgIpc) is 2.27. The molecule has 0 bridgehead atoms. The minimum Gasteiger partial charge on any atom is -0.467 e. The van der Waals surface area contributed by atoms with Crippen molar-refractivity contribution >= 4 is 11.8 Å². The molecule has 0 unspecified atom stereocenters. The van der Waals surface area contributed by atoms with E-state index in [1.54, 1.807) is 19.0 Å². The number of methoxy groups -OCH3 is 1. The summed E-state index contributed by atoms with van der Waals surface area (Å²) in [6.45, 7) is 0. The molecule has 0 spiro atoms. The number of amidine groups is 1. The number of hydrogen-bond acceptors (Lipinski definition) is 7. The summed E-state index contributed by atoms with van der Waals surface area (Å²) in [4.78, 5) is 13.4. The van der Waals surface area contributed by atoms with Gasteiger partial charge in [0.1, 0.15) is 0 Å². The summed E-state index contributed by atoms with van der Waals surface area (Å²) < 4.78 is 4.86. The van der Waals surface area contributed by atoms with Crippen molar-refractivity contribution < 1.29 is 9.94 Å². The molecule has 0 saturated carbocycles. The molecule has 1 rings (SSSR count). The Morgan fingerprint density at radius 3 is 2.53 bits per heavy atom. The van der Waals surface area contributed by atoms with Crippen LogP contribution in [0.25, 0.3) is 0 Å². The SMILES string of the molecule is COc1nc(/C(N)=N/O)nc(N(C)C)n1. The van der Waals surface area contributed by atoms with Crippen molar-refractivity contribution in [2.45, 2.75) is 0 Å². The lowest BCUT2D eigenvalue weighted by molar-refractivity contribution is 0.318. The van der Waals surface area contributed by atoms with Gasteiger partial charge in [0.05, 0.1) is 7.11 Å². The Kier molecular flexibility index (Phi) is 3.21. The summed E-state index contributed by atoms with van der Waals surface area (Å²) in [6.07, 6.45) is 0. The molecule has 0 aromatic carbocycles. The second-order valence-electron chi connectivity index (χ2n) is 2.83. The maximum Gasteiger partial charge on any atom is 0.321 e.